The molecule has 0 aliphatic heterocycles. The summed E-state index contributed by atoms with van der Waals surface area (Å²) in [4.78, 5) is 35.3. The number of aromatic amines is 1. The molecule has 0 aliphatic rings. The van der Waals surface area contributed by atoms with Crippen molar-refractivity contribution in [1.29, 1.82) is 0 Å². The van der Waals surface area contributed by atoms with Crippen molar-refractivity contribution in [3.63, 3.8) is 0 Å². The number of aromatic nitrogens is 4. The first-order chi connectivity index (χ1) is 24.1. The van der Waals surface area contributed by atoms with Crippen LogP contribution < -0.4 is 15.4 Å². The molecular formula is C33H37IN6O6S2. The first kappa shape index (κ1) is 34.2. The number of unbranched alkanes of at least 4 members (excludes halogenated alkanes) is 1. The Morgan fingerprint density at radius 1 is 0.896 bits per heavy atom. The van der Waals surface area contributed by atoms with E-state index in [1.54, 1.807) is 0 Å². The third kappa shape index (κ3) is 12.4. The molecule has 4 rings (SSSR count). The van der Waals surface area contributed by atoms with Gasteiger partial charge in [-0.1, -0.05) is 71.5 Å². The smallest absolute Gasteiger partial charge is 0.320 e. The minimum atomic E-state index is -1.99. The van der Waals surface area contributed by atoms with Crippen molar-refractivity contribution in [2.45, 2.75) is 50.6 Å². The van der Waals surface area contributed by atoms with E-state index in [1.807, 2.05) is 69.7 Å². The van der Waals surface area contributed by atoms with Crippen molar-refractivity contribution in [1.82, 2.24) is 31.3 Å². The SMILES string of the molecule is [3H]C([3H])(SSI)C(CC(=O)O)N[C@@H](CCCCNC(=O)CCCOc1ccc(-c2ccc(-c3ccc(-c4nn[nH]n4)cc3)cc2)cc1)C(=O)O. The lowest BCUT2D eigenvalue weighted by Crippen LogP contribution is -2.45. The monoisotopic (exact) mass is 808 g/mol. The lowest BCUT2D eigenvalue weighted by Gasteiger charge is -2.21. The van der Waals surface area contributed by atoms with E-state index in [2.05, 4.69) is 55.5 Å². The minimum Gasteiger partial charge on any atom is -0.494 e. The fourth-order valence-corrected chi connectivity index (χ4v) is 6.51. The minimum absolute atomic E-state index is 0.133. The molecular weight excluding hydrogens is 767 g/mol. The molecule has 2 atom stereocenters. The maximum Gasteiger partial charge on any atom is 0.320 e. The number of H-pyrrole nitrogens is 1. The van der Waals surface area contributed by atoms with Gasteiger partial charge in [0.15, 0.2) is 0 Å². The summed E-state index contributed by atoms with van der Waals surface area (Å²) in [6.45, 7) is 0.737. The summed E-state index contributed by atoms with van der Waals surface area (Å²) in [5, 5.41) is 38.4. The third-order valence-electron chi connectivity index (χ3n) is 7.25. The summed E-state index contributed by atoms with van der Waals surface area (Å²) in [7, 11) is 1.95. The Bertz CT molecular complexity index is 1670. The predicted molar refractivity (Wildman–Crippen MR) is 197 cm³/mol. The third-order valence-corrected chi connectivity index (χ3v) is 9.79. The molecule has 15 heteroatoms. The zero-order valence-corrected chi connectivity index (χ0v) is 29.6. The molecule has 1 aromatic heterocycles. The van der Waals surface area contributed by atoms with E-state index in [9.17, 15) is 24.6 Å². The Kier molecular flexibility index (Phi) is 14.2. The molecule has 3 aromatic carbocycles. The van der Waals surface area contributed by atoms with Gasteiger partial charge in [0.2, 0.25) is 11.7 Å². The molecule has 0 spiro atoms. The maximum atomic E-state index is 12.3. The van der Waals surface area contributed by atoms with Crippen LogP contribution in [0.1, 0.15) is 41.3 Å². The van der Waals surface area contributed by atoms with Gasteiger partial charge >= 0.3 is 11.9 Å². The molecule has 0 radical (unpaired) electrons. The molecule has 0 fully saturated rings. The number of nitrogens with zero attached hydrogens (tertiary/aromatic N) is 3. The lowest BCUT2D eigenvalue weighted by atomic mass is 9.99. The Labute approximate surface area is 301 Å². The van der Waals surface area contributed by atoms with E-state index >= 15 is 0 Å². The summed E-state index contributed by atoms with van der Waals surface area (Å²) < 4.78 is 22.1. The highest BCUT2D eigenvalue weighted by Crippen LogP contribution is 2.30. The van der Waals surface area contributed by atoms with E-state index in [0.29, 0.717) is 44.0 Å². The average Bonchev–Trinajstić information content (AvgIpc) is 3.65. The molecule has 0 saturated carbocycles. The van der Waals surface area contributed by atoms with Crippen molar-refractivity contribution >= 4 is 57.8 Å². The second-order valence-corrected chi connectivity index (χ2v) is 15.3. The number of amides is 1. The van der Waals surface area contributed by atoms with Crippen LogP contribution in [-0.2, 0) is 14.4 Å². The zero-order chi connectivity index (χ0) is 35.9. The highest BCUT2D eigenvalue weighted by atomic mass is 127. The summed E-state index contributed by atoms with van der Waals surface area (Å²) in [6, 6.07) is 21.8. The topological polar surface area (TPSA) is 179 Å². The van der Waals surface area contributed by atoms with Crippen molar-refractivity contribution in [3.05, 3.63) is 72.8 Å². The number of carboxylic acid groups (broad SMARTS) is 2. The van der Waals surface area contributed by atoms with Gasteiger partial charge in [-0.2, -0.15) is 5.21 Å². The molecule has 12 nitrogen and oxygen atoms in total. The van der Waals surface area contributed by atoms with E-state index in [4.69, 9.17) is 7.48 Å². The first-order valence-electron chi connectivity index (χ1n) is 16.2. The van der Waals surface area contributed by atoms with Crippen LogP contribution in [0.3, 0.4) is 0 Å². The largest absolute Gasteiger partial charge is 0.494 e. The first-order valence-corrected chi connectivity index (χ1v) is 19.9. The molecule has 1 amide bonds. The molecule has 254 valence electrons. The van der Waals surface area contributed by atoms with Gasteiger partial charge in [0.25, 0.3) is 0 Å². The van der Waals surface area contributed by atoms with Crippen molar-refractivity contribution in [2.75, 3.05) is 18.9 Å². The Hall–Kier alpha value is -3.67. The van der Waals surface area contributed by atoms with E-state index in [-0.39, 0.29) is 18.7 Å². The number of benzene rings is 3. The van der Waals surface area contributed by atoms with Gasteiger partial charge in [0.1, 0.15) is 11.8 Å². The van der Waals surface area contributed by atoms with Gasteiger partial charge in [0, 0.05) is 54.2 Å². The lowest BCUT2D eigenvalue weighted by molar-refractivity contribution is -0.141. The van der Waals surface area contributed by atoms with Crippen molar-refractivity contribution in [2.24, 2.45) is 0 Å². The van der Waals surface area contributed by atoms with Crippen LogP contribution in [-0.4, -0.2) is 79.6 Å². The molecule has 0 bridgehead atoms. The number of aliphatic carboxylic acids is 2. The molecule has 48 heavy (non-hydrogen) atoms. The summed E-state index contributed by atoms with van der Waals surface area (Å²) in [5.74, 6) is -1.28. The highest BCUT2D eigenvalue weighted by molar-refractivity contribution is 14.2. The molecule has 0 aliphatic carbocycles. The number of rotatable bonds is 21. The summed E-state index contributed by atoms with van der Waals surface area (Å²) >= 11 is 1.89. The number of ether oxygens (including phenoxy) is 1. The molecule has 4 aromatic rings. The fraction of sp³-hybridized carbons (Fsp3) is 0.333. The van der Waals surface area contributed by atoms with Gasteiger partial charge in [0.05, 0.1) is 13.0 Å². The Balaban J connectivity index is 1.12. The van der Waals surface area contributed by atoms with Crippen LogP contribution in [0.25, 0.3) is 33.6 Å². The van der Waals surface area contributed by atoms with Crippen LogP contribution in [0.4, 0.5) is 0 Å². The number of nitrogens with one attached hydrogen (secondary N) is 3. The van der Waals surface area contributed by atoms with Crippen LogP contribution in [0.15, 0.2) is 72.8 Å². The molecule has 1 unspecified atom stereocenters. The molecule has 1 heterocycles. The Morgan fingerprint density at radius 3 is 2.04 bits per heavy atom. The maximum absolute atomic E-state index is 12.3. The van der Waals surface area contributed by atoms with E-state index in [1.165, 1.54) is 0 Å². The highest BCUT2D eigenvalue weighted by Gasteiger charge is 2.23. The van der Waals surface area contributed by atoms with E-state index in [0.717, 1.165) is 46.6 Å². The van der Waals surface area contributed by atoms with Gasteiger partial charge < -0.3 is 25.6 Å². The van der Waals surface area contributed by atoms with E-state index < -0.39 is 36.1 Å². The van der Waals surface area contributed by atoms with Gasteiger partial charge in [-0.05, 0) is 73.2 Å². The molecule has 5 N–H and O–H groups in total. The Morgan fingerprint density at radius 2 is 1.50 bits per heavy atom. The van der Waals surface area contributed by atoms with Gasteiger partial charge in [-0.25, -0.2) is 0 Å². The summed E-state index contributed by atoms with van der Waals surface area (Å²) in [5.41, 5.74) is 3.20. The standard InChI is InChI=1S/C33H37IN6O6S2/c34-48-47-21-27(20-31(42)43)36-29(33(44)45)4-1-2-18-35-30(41)5-3-19-46-28-16-14-25(15-17-28)23-8-6-22(7-9-23)24-10-12-26(13-11-24)32-37-39-40-38-32/h6-17,27,29,36H,1-5,18-21H2,(H,35,41)(H,42,43)(H,44,45)(H,37,38,39,40)/t27?,29-/m0/s1/i21T2. The number of hydrogen-bond donors (Lipinski definition) is 5. The number of hydrogen-bond acceptors (Lipinski definition) is 10. The van der Waals surface area contributed by atoms with Gasteiger partial charge in [-0.15, -0.1) is 10.2 Å². The van der Waals surface area contributed by atoms with Gasteiger partial charge in [-0.3, -0.25) is 14.4 Å². The normalized spacial score (nSPS) is 13.2. The second kappa shape index (κ2) is 20.0. The van der Waals surface area contributed by atoms with Crippen molar-refractivity contribution < 1.29 is 32.1 Å². The number of carbonyl (C=O) groups excluding carboxylic acids is 1. The average molecular weight is 809 g/mol. The quantitative estimate of drug-likeness (QED) is 0.0363. The van der Waals surface area contributed by atoms with Crippen LogP contribution in [0.2, 0.25) is 0 Å². The summed E-state index contributed by atoms with van der Waals surface area (Å²) in [6.07, 6.45) is 1.38. The number of carbonyl (C=O) groups is 3. The zero-order valence-electron chi connectivity index (χ0n) is 27.8. The second-order valence-electron chi connectivity index (χ2n) is 10.7. The molecule has 0 saturated heterocycles. The fourth-order valence-electron chi connectivity index (χ4n) is 4.81. The number of tetrazole rings is 1. The predicted octanol–water partition coefficient (Wildman–Crippen LogP) is 6.26. The van der Waals surface area contributed by atoms with Crippen LogP contribution in [0.5, 0.6) is 5.75 Å². The number of halogens is 1. The van der Waals surface area contributed by atoms with Crippen LogP contribution >= 0.6 is 40.0 Å². The van der Waals surface area contributed by atoms with Crippen LogP contribution in [0, 0.1) is 0 Å². The number of carboxylic acids is 2. The van der Waals surface area contributed by atoms with Crippen molar-refractivity contribution in [3.8, 4) is 39.4 Å².